The van der Waals surface area contributed by atoms with Gasteiger partial charge in [-0.3, -0.25) is 0 Å². The Hall–Kier alpha value is -1.29. The SMILES string of the molecule is OCC1CCCN(c2ccc(SC3CNC3)c(S)c2-c2nnn[nH]2)C1. The minimum absolute atomic E-state index is 0.228. The number of aromatic nitrogens is 4. The molecule has 3 N–H and O–H groups in total. The van der Waals surface area contributed by atoms with E-state index >= 15 is 0 Å². The van der Waals surface area contributed by atoms with Crippen molar-refractivity contribution in [2.45, 2.75) is 27.9 Å². The van der Waals surface area contributed by atoms with Gasteiger partial charge >= 0.3 is 0 Å². The smallest absolute Gasteiger partial charge is 0.182 e. The number of tetrazole rings is 1. The fraction of sp³-hybridized carbons (Fsp3) is 0.562. The van der Waals surface area contributed by atoms with E-state index in [1.807, 2.05) is 11.8 Å². The maximum absolute atomic E-state index is 9.55. The van der Waals surface area contributed by atoms with Crippen LogP contribution in [0.1, 0.15) is 12.8 Å². The lowest BCUT2D eigenvalue weighted by atomic mass is 9.97. The Morgan fingerprint density at radius 1 is 1.36 bits per heavy atom. The van der Waals surface area contributed by atoms with Gasteiger partial charge in [0.1, 0.15) is 0 Å². The molecule has 1 unspecified atom stereocenters. The van der Waals surface area contributed by atoms with Crippen molar-refractivity contribution in [3.63, 3.8) is 0 Å². The van der Waals surface area contributed by atoms with Crippen LogP contribution in [0.15, 0.2) is 21.9 Å². The van der Waals surface area contributed by atoms with Gasteiger partial charge in [0.15, 0.2) is 5.82 Å². The molecule has 9 heteroatoms. The summed E-state index contributed by atoms with van der Waals surface area (Å²) in [5.41, 5.74) is 2.03. The molecule has 1 atom stereocenters. The maximum Gasteiger partial charge on any atom is 0.182 e. The molecule has 2 saturated heterocycles. The number of piperidine rings is 1. The summed E-state index contributed by atoms with van der Waals surface area (Å²) in [6, 6.07) is 4.29. The normalized spacial score (nSPS) is 21.4. The Kier molecular flexibility index (Phi) is 5.16. The molecule has 3 heterocycles. The highest BCUT2D eigenvalue weighted by Gasteiger charge is 2.26. The van der Waals surface area contributed by atoms with Crippen molar-refractivity contribution in [1.29, 1.82) is 0 Å². The van der Waals surface area contributed by atoms with Gasteiger partial charge in [-0.2, -0.15) is 0 Å². The highest BCUT2D eigenvalue weighted by molar-refractivity contribution is 8.00. The molecule has 0 spiro atoms. The monoisotopic (exact) mass is 378 g/mol. The van der Waals surface area contributed by atoms with E-state index in [2.05, 4.69) is 43.0 Å². The number of rotatable bonds is 5. The minimum atomic E-state index is 0.228. The highest BCUT2D eigenvalue weighted by Crippen LogP contribution is 2.42. The van der Waals surface area contributed by atoms with Crippen molar-refractivity contribution in [3.05, 3.63) is 12.1 Å². The Labute approximate surface area is 156 Å². The van der Waals surface area contributed by atoms with Gasteiger partial charge in [-0.15, -0.1) is 29.5 Å². The number of nitrogens with zero attached hydrogens (tertiary/aromatic N) is 4. The molecular weight excluding hydrogens is 356 g/mol. The predicted octanol–water partition coefficient (Wildman–Crippen LogP) is 1.43. The molecule has 4 rings (SSSR count). The molecule has 0 saturated carbocycles. The molecule has 2 aliphatic rings. The van der Waals surface area contributed by atoms with Crippen LogP contribution in [0, 0.1) is 5.92 Å². The average molecular weight is 379 g/mol. The van der Waals surface area contributed by atoms with Crippen LogP contribution in [-0.2, 0) is 0 Å². The van der Waals surface area contributed by atoms with Gasteiger partial charge in [-0.1, -0.05) is 0 Å². The first-order valence-corrected chi connectivity index (χ1v) is 9.92. The molecule has 0 radical (unpaired) electrons. The number of aromatic amines is 1. The quantitative estimate of drug-likeness (QED) is 0.585. The molecule has 134 valence electrons. The third kappa shape index (κ3) is 3.51. The van der Waals surface area contributed by atoms with E-state index in [1.165, 1.54) is 0 Å². The number of aliphatic hydroxyl groups excluding tert-OH is 1. The molecule has 25 heavy (non-hydrogen) atoms. The number of thioether (sulfide) groups is 1. The van der Waals surface area contributed by atoms with Crippen molar-refractivity contribution in [1.82, 2.24) is 25.9 Å². The van der Waals surface area contributed by atoms with Gasteiger partial charge in [0.2, 0.25) is 0 Å². The fourth-order valence-electron chi connectivity index (χ4n) is 3.38. The average Bonchev–Trinajstić information content (AvgIpc) is 3.13. The van der Waals surface area contributed by atoms with Crippen molar-refractivity contribution in [2.24, 2.45) is 5.92 Å². The number of hydrogen-bond donors (Lipinski definition) is 4. The Bertz CT molecular complexity index is 722. The van der Waals surface area contributed by atoms with Gasteiger partial charge in [-0.05, 0) is 41.3 Å². The predicted molar refractivity (Wildman–Crippen MR) is 101 cm³/mol. The van der Waals surface area contributed by atoms with Crippen molar-refractivity contribution < 1.29 is 5.11 Å². The van der Waals surface area contributed by atoms with E-state index in [1.54, 1.807) is 0 Å². The van der Waals surface area contributed by atoms with Gasteiger partial charge in [0.05, 0.1) is 5.56 Å². The van der Waals surface area contributed by atoms with Crippen molar-refractivity contribution in [3.8, 4) is 11.4 Å². The molecule has 2 aliphatic heterocycles. The molecule has 0 bridgehead atoms. The van der Waals surface area contributed by atoms with Crippen LogP contribution < -0.4 is 10.2 Å². The van der Waals surface area contributed by atoms with Crippen LogP contribution >= 0.6 is 24.4 Å². The van der Waals surface area contributed by atoms with Gasteiger partial charge in [0, 0.05) is 53.5 Å². The number of anilines is 1. The third-order valence-electron chi connectivity index (χ3n) is 4.86. The zero-order chi connectivity index (χ0) is 17.2. The van der Waals surface area contributed by atoms with E-state index in [-0.39, 0.29) is 6.61 Å². The Balaban J connectivity index is 1.71. The second kappa shape index (κ2) is 7.53. The van der Waals surface area contributed by atoms with Crippen LogP contribution in [0.25, 0.3) is 11.4 Å². The highest BCUT2D eigenvalue weighted by atomic mass is 32.2. The number of nitrogens with one attached hydrogen (secondary N) is 2. The first-order chi connectivity index (χ1) is 12.3. The Morgan fingerprint density at radius 2 is 2.24 bits per heavy atom. The lowest BCUT2D eigenvalue weighted by molar-refractivity contribution is 0.209. The lowest BCUT2D eigenvalue weighted by Gasteiger charge is -2.35. The number of aliphatic hydroxyl groups is 1. The van der Waals surface area contributed by atoms with Gasteiger partial charge in [0.25, 0.3) is 0 Å². The fourth-order valence-corrected chi connectivity index (χ4v) is 4.95. The van der Waals surface area contributed by atoms with E-state index in [4.69, 9.17) is 12.6 Å². The molecule has 7 nitrogen and oxygen atoms in total. The summed E-state index contributed by atoms with van der Waals surface area (Å²) < 4.78 is 0. The van der Waals surface area contributed by atoms with Crippen molar-refractivity contribution >= 4 is 30.1 Å². The molecule has 2 fully saturated rings. The Morgan fingerprint density at radius 3 is 2.92 bits per heavy atom. The van der Waals surface area contributed by atoms with Gasteiger partial charge < -0.3 is 15.3 Å². The van der Waals surface area contributed by atoms with Crippen LogP contribution in [0.3, 0.4) is 0 Å². The number of benzene rings is 1. The summed E-state index contributed by atoms with van der Waals surface area (Å²) in [7, 11) is 0. The van der Waals surface area contributed by atoms with E-state index in [0.717, 1.165) is 60.1 Å². The second-order valence-electron chi connectivity index (χ2n) is 6.59. The van der Waals surface area contributed by atoms with Crippen LogP contribution in [-0.4, -0.2) is 63.8 Å². The summed E-state index contributed by atoms with van der Waals surface area (Å²) in [6.07, 6.45) is 2.15. The summed E-state index contributed by atoms with van der Waals surface area (Å²) in [6.45, 7) is 4.10. The largest absolute Gasteiger partial charge is 0.396 e. The first kappa shape index (κ1) is 17.1. The van der Waals surface area contributed by atoms with Crippen LogP contribution in [0.4, 0.5) is 5.69 Å². The number of thiol groups is 1. The minimum Gasteiger partial charge on any atom is -0.396 e. The molecule has 1 aromatic carbocycles. The first-order valence-electron chi connectivity index (χ1n) is 8.59. The molecular formula is C16H22N6OS2. The molecule has 0 aliphatic carbocycles. The summed E-state index contributed by atoms with van der Waals surface area (Å²) in [5, 5.41) is 28.0. The van der Waals surface area contributed by atoms with E-state index in [9.17, 15) is 5.11 Å². The maximum atomic E-state index is 9.55. The topological polar surface area (TPSA) is 90.0 Å². The van der Waals surface area contributed by atoms with E-state index < -0.39 is 0 Å². The molecule has 0 amide bonds. The van der Waals surface area contributed by atoms with E-state index in [0.29, 0.717) is 17.0 Å². The number of hydrogen-bond acceptors (Lipinski definition) is 8. The standard InChI is InChI=1S/C16H22N6OS2/c23-9-10-2-1-5-22(8-10)12-3-4-13(25-11-6-17-7-11)15(24)14(12)16-18-20-21-19-16/h3-4,10-11,17,23-24H,1-2,5-9H2,(H,18,19,20,21). The molecule has 1 aromatic heterocycles. The van der Waals surface area contributed by atoms with Gasteiger partial charge in [-0.25, -0.2) is 5.10 Å². The summed E-state index contributed by atoms with van der Waals surface area (Å²) >= 11 is 6.69. The third-order valence-corrected chi connectivity index (χ3v) is 6.73. The lowest BCUT2D eigenvalue weighted by Crippen LogP contribution is -2.44. The van der Waals surface area contributed by atoms with Crippen molar-refractivity contribution in [2.75, 3.05) is 37.7 Å². The van der Waals surface area contributed by atoms with Crippen LogP contribution in [0.2, 0.25) is 0 Å². The van der Waals surface area contributed by atoms with Crippen LogP contribution in [0.5, 0.6) is 0 Å². The zero-order valence-electron chi connectivity index (χ0n) is 13.9. The zero-order valence-corrected chi connectivity index (χ0v) is 15.6. The summed E-state index contributed by atoms with van der Waals surface area (Å²) in [5.74, 6) is 0.952. The molecule has 2 aromatic rings. The number of H-pyrrole nitrogens is 1. The second-order valence-corrected chi connectivity index (χ2v) is 8.38. The summed E-state index contributed by atoms with van der Waals surface area (Å²) in [4.78, 5) is 4.39.